The summed E-state index contributed by atoms with van der Waals surface area (Å²) < 4.78 is 26.8. The minimum Gasteiger partial charge on any atom is -0.346 e. The first-order valence-electron chi connectivity index (χ1n) is 8.89. The lowest BCUT2D eigenvalue weighted by atomic mass is 10.1. The Bertz CT molecular complexity index is 1050. The largest absolute Gasteiger partial charge is 0.346 e. The lowest BCUT2D eigenvalue weighted by Crippen LogP contribution is -2.28. The number of nitrogens with zero attached hydrogens (tertiary/aromatic N) is 1. The van der Waals surface area contributed by atoms with E-state index in [0.717, 1.165) is 5.56 Å². The molecule has 0 spiro atoms. The summed E-state index contributed by atoms with van der Waals surface area (Å²) in [4.78, 5) is 12.8. The fraction of sp³-hybridized carbons (Fsp3) is 0.136. The van der Waals surface area contributed by atoms with Gasteiger partial charge in [0.15, 0.2) is 0 Å². The highest BCUT2D eigenvalue weighted by atomic mass is 32.2. The Hall–Kier alpha value is -3.12. The maximum Gasteiger partial charge on any atom is 0.264 e. The number of anilines is 1. The molecular formula is C22H22N2O3S. The number of benzene rings is 3. The van der Waals surface area contributed by atoms with Crippen molar-refractivity contribution < 1.29 is 13.2 Å². The number of hydrogen-bond acceptors (Lipinski definition) is 3. The number of carbonyl (C=O) groups excluding carboxylic acids is 1. The molecule has 0 aromatic heterocycles. The van der Waals surface area contributed by atoms with Gasteiger partial charge in [-0.25, -0.2) is 8.42 Å². The Morgan fingerprint density at radius 3 is 2.14 bits per heavy atom. The maximum absolute atomic E-state index is 12.8. The van der Waals surface area contributed by atoms with Gasteiger partial charge in [0.05, 0.1) is 16.6 Å². The number of sulfonamides is 1. The summed E-state index contributed by atoms with van der Waals surface area (Å²) in [5, 5.41) is 2.94. The van der Waals surface area contributed by atoms with Crippen molar-refractivity contribution in [2.75, 3.05) is 11.4 Å². The second kappa shape index (κ2) is 8.27. The monoisotopic (exact) mass is 394 g/mol. The van der Waals surface area contributed by atoms with Crippen molar-refractivity contribution in [2.24, 2.45) is 0 Å². The molecule has 6 heteroatoms. The first-order chi connectivity index (χ1) is 13.4. The zero-order valence-electron chi connectivity index (χ0n) is 15.7. The van der Waals surface area contributed by atoms with E-state index in [2.05, 4.69) is 5.32 Å². The van der Waals surface area contributed by atoms with Gasteiger partial charge < -0.3 is 5.32 Å². The quantitative estimate of drug-likeness (QED) is 0.687. The molecule has 1 N–H and O–H groups in total. The summed E-state index contributed by atoms with van der Waals surface area (Å²) >= 11 is 0. The third kappa shape index (κ3) is 4.23. The highest BCUT2D eigenvalue weighted by molar-refractivity contribution is 7.92. The molecule has 0 bridgehead atoms. The van der Waals surface area contributed by atoms with Gasteiger partial charge in [-0.3, -0.25) is 9.10 Å². The van der Waals surface area contributed by atoms with Crippen LogP contribution in [0.2, 0.25) is 0 Å². The second-order valence-corrected chi connectivity index (χ2v) is 8.41. The van der Waals surface area contributed by atoms with Gasteiger partial charge in [0.1, 0.15) is 0 Å². The smallest absolute Gasteiger partial charge is 0.264 e. The van der Waals surface area contributed by atoms with E-state index >= 15 is 0 Å². The molecule has 144 valence electrons. The van der Waals surface area contributed by atoms with Crippen LogP contribution < -0.4 is 9.62 Å². The van der Waals surface area contributed by atoms with E-state index < -0.39 is 10.0 Å². The maximum atomic E-state index is 12.8. The van der Waals surface area contributed by atoms with Crippen LogP contribution in [-0.4, -0.2) is 21.4 Å². The molecule has 0 saturated heterocycles. The Balaban J connectivity index is 1.81. The van der Waals surface area contributed by atoms with Gasteiger partial charge in [0.2, 0.25) is 0 Å². The van der Waals surface area contributed by atoms with Crippen LogP contribution in [0.3, 0.4) is 0 Å². The van der Waals surface area contributed by atoms with Crippen molar-refractivity contribution in [1.82, 2.24) is 5.32 Å². The van der Waals surface area contributed by atoms with Crippen LogP contribution in [0.1, 0.15) is 28.9 Å². The van der Waals surface area contributed by atoms with Crippen LogP contribution in [-0.2, 0) is 10.0 Å². The fourth-order valence-electron chi connectivity index (χ4n) is 2.84. The molecule has 0 aliphatic rings. The molecule has 3 rings (SSSR count). The summed E-state index contributed by atoms with van der Waals surface area (Å²) in [7, 11) is -2.22. The Morgan fingerprint density at radius 2 is 1.50 bits per heavy atom. The van der Waals surface area contributed by atoms with E-state index in [1.165, 1.54) is 11.4 Å². The molecular weight excluding hydrogens is 372 g/mol. The lowest BCUT2D eigenvalue weighted by molar-refractivity contribution is 0.0940. The van der Waals surface area contributed by atoms with Crippen molar-refractivity contribution in [3.8, 4) is 0 Å². The van der Waals surface area contributed by atoms with Crippen LogP contribution in [0.5, 0.6) is 0 Å². The average Bonchev–Trinajstić information content (AvgIpc) is 2.74. The molecule has 0 radical (unpaired) electrons. The molecule has 28 heavy (non-hydrogen) atoms. The number of hydrogen-bond donors (Lipinski definition) is 1. The van der Waals surface area contributed by atoms with Gasteiger partial charge in [-0.1, -0.05) is 54.6 Å². The second-order valence-electron chi connectivity index (χ2n) is 6.44. The average molecular weight is 394 g/mol. The van der Waals surface area contributed by atoms with Crippen LogP contribution in [0, 0.1) is 0 Å². The van der Waals surface area contributed by atoms with Gasteiger partial charge in [-0.2, -0.15) is 0 Å². The van der Waals surface area contributed by atoms with Gasteiger partial charge in [-0.05, 0) is 42.8 Å². The van der Waals surface area contributed by atoms with E-state index in [9.17, 15) is 13.2 Å². The Kier molecular flexibility index (Phi) is 5.80. The lowest BCUT2D eigenvalue weighted by Gasteiger charge is -2.20. The zero-order chi connectivity index (χ0) is 20.1. The molecule has 3 aromatic carbocycles. The van der Waals surface area contributed by atoms with Crippen LogP contribution >= 0.6 is 0 Å². The molecule has 0 fully saturated rings. The van der Waals surface area contributed by atoms with E-state index in [1.54, 1.807) is 54.6 Å². The topological polar surface area (TPSA) is 66.5 Å². The molecule has 5 nitrogen and oxygen atoms in total. The van der Waals surface area contributed by atoms with E-state index in [4.69, 9.17) is 0 Å². The molecule has 1 atom stereocenters. The van der Waals surface area contributed by atoms with Crippen LogP contribution in [0.15, 0.2) is 89.8 Å². The predicted octanol–water partition coefficient (Wildman–Crippen LogP) is 4.00. The molecule has 0 heterocycles. The Labute approximate surface area is 165 Å². The fourth-order valence-corrected chi connectivity index (χ4v) is 4.05. The van der Waals surface area contributed by atoms with E-state index in [0.29, 0.717) is 11.3 Å². The molecule has 0 unspecified atom stereocenters. The van der Waals surface area contributed by atoms with Gasteiger partial charge in [0.25, 0.3) is 15.9 Å². The predicted molar refractivity (Wildman–Crippen MR) is 111 cm³/mol. The molecule has 0 saturated carbocycles. The highest BCUT2D eigenvalue weighted by Gasteiger charge is 2.22. The van der Waals surface area contributed by atoms with Crippen molar-refractivity contribution in [2.45, 2.75) is 17.9 Å². The minimum atomic E-state index is -3.70. The van der Waals surface area contributed by atoms with Crippen molar-refractivity contribution in [3.63, 3.8) is 0 Å². The molecule has 0 aliphatic heterocycles. The summed E-state index contributed by atoms with van der Waals surface area (Å²) in [5.74, 6) is -0.260. The standard InChI is InChI=1S/C22H22N2O3S/c1-17(18-10-5-3-6-11-18)23-22(25)19-12-9-13-20(16-19)24(2)28(26,27)21-14-7-4-8-15-21/h3-17H,1-2H3,(H,23,25)/t17-/m0/s1. The number of carbonyl (C=O) groups is 1. The first kappa shape index (κ1) is 19.6. The molecule has 0 aliphatic carbocycles. The first-order valence-corrected chi connectivity index (χ1v) is 10.3. The van der Waals surface area contributed by atoms with Crippen molar-refractivity contribution in [3.05, 3.63) is 96.1 Å². The Morgan fingerprint density at radius 1 is 0.893 bits per heavy atom. The normalized spacial score (nSPS) is 12.2. The van der Waals surface area contributed by atoms with Gasteiger partial charge in [-0.15, -0.1) is 0 Å². The van der Waals surface area contributed by atoms with Crippen LogP contribution in [0.25, 0.3) is 0 Å². The van der Waals surface area contributed by atoms with Gasteiger partial charge in [0, 0.05) is 12.6 Å². The number of amides is 1. The van der Waals surface area contributed by atoms with E-state index in [-0.39, 0.29) is 16.8 Å². The third-order valence-electron chi connectivity index (χ3n) is 4.52. The summed E-state index contributed by atoms with van der Waals surface area (Å²) in [5.41, 5.74) is 1.81. The third-order valence-corrected chi connectivity index (χ3v) is 6.32. The SMILES string of the molecule is C[C@H](NC(=O)c1cccc(N(C)S(=O)(=O)c2ccccc2)c1)c1ccccc1. The van der Waals surface area contributed by atoms with Crippen molar-refractivity contribution >= 4 is 21.6 Å². The zero-order valence-corrected chi connectivity index (χ0v) is 16.6. The number of rotatable bonds is 6. The summed E-state index contributed by atoms with van der Waals surface area (Å²) in [6, 6.07) is 24.3. The summed E-state index contributed by atoms with van der Waals surface area (Å²) in [6.07, 6.45) is 0. The van der Waals surface area contributed by atoms with Crippen molar-refractivity contribution in [1.29, 1.82) is 0 Å². The van der Waals surface area contributed by atoms with Gasteiger partial charge >= 0.3 is 0 Å². The molecule has 1 amide bonds. The number of nitrogens with one attached hydrogen (secondary N) is 1. The highest BCUT2D eigenvalue weighted by Crippen LogP contribution is 2.23. The van der Waals surface area contributed by atoms with Crippen LogP contribution in [0.4, 0.5) is 5.69 Å². The molecule has 3 aromatic rings. The summed E-state index contributed by atoms with van der Waals surface area (Å²) in [6.45, 7) is 1.91. The minimum absolute atomic E-state index is 0.164. The van der Waals surface area contributed by atoms with E-state index in [1.807, 2.05) is 37.3 Å².